The molecule has 3 heteroatoms. The molecular formula is C16H18BrNO. The average molecular weight is 320 g/mol. The molecule has 2 nitrogen and oxygen atoms in total. The number of fused-ring (bicyclic) bond motifs is 1. The fraction of sp³-hybridized carbons (Fsp3) is 0.375. The van der Waals surface area contributed by atoms with E-state index < -0.39 is 0 Å². The Labute approximate surface area is 122 Å². The zero-order valence-electron chi connectivity index (χ0n) is 11.3. The molecule has 1 unspecified atom stereocenters. The monoisotopic (exact) mass is 319 g/mol. The molecule has 1 aromatic heterocycles. The molecule has 1 N–H and O–H groups in total. The second-order valence-corrected chi connectivity index (χ2v) is 6.28. The van der Waals surface area contributed by atoms with Gasteiger partial charge in [0.1, 0.15) is 0 Å². The summed E-state index contributed by atoms with van der Waals surface area (Å²) in [5, 5.41) is 10.1. The topological polar surface area (TPSA) is 25.2 Å². The Bertz CT molecular complexity index is 630. The van der Waals surface area contributed by atoms with E-state index >= 15 is 0 Å². The van der Waals surface area contributed by atoms with E-state index in [-0.39, 0.29) is 6.10 Å². The van der Waals surface area contributed by atoms with Gasteiger partial charge in [-0.2, -0.15) is 0 Å². The van der Waals surface area contributed by atoms with Crippen LogP contribution in [0.5, 0.6) is 0 Å². The molecule has 100 valence electrons. The number of aliphatic hydroxyl groups excluding tert-OH is 1. The fourth-order valence-corrected chi connectivity index (χ4v) is 3.56. The third-order valence-corrected chi connectivity index (χ3v) is 4.46. The van der Waals surface area contributed by atoms with Crippen LogP contribution in [0.3, 0.4) is 0 Å². The highest BCUT2D eigenvalue weighted by atomic mass is 79.9. The lowest BCUT2D eigenvalue weighted by molar-refractivity contribution is 0.156. The Morgan fingerprint density at radius 3 is 2.79 bits per heavy atom. The Hall–Kier alpha value is -1.06. The van der Waals surface area contributed by atoms with Crippen molar-refractivity contribution in [2.24, 2.45) is 0 Å². The summed E-state index contributed by atoms with van der Waals surface area (Å²) in [5.41, 5.74) is 6.07. The molecule has 0 fully saturated rings. The number of hydrogen-bond donors (Lipinski definition) is 1. The Morgan fingerprint density at radius 1 is 1.26 bits per heavy atom. The van der Waals surface area contributed by atoms with Crippen LogP contribution in [0.1, 0.15) is 41.5 Å². The van der Waals surface area contributed by atoms with E-state index in [1.807, 2.05) is 0 Å². The van der Waals surface area contributed by atoms with Crippen molar-refractivity contribution in [1.29, 1.82) is 0 Å². The molecule has 19 heavy (non-hydrogen) atoms. The Kier molecular flexibility index (Phi) is 3.27. The van der Waals surface area contributed by atoms with E-state index in [1.165, 1.54) is 22.6 Å². The maximum absolute atomic E-state index is 10.1. The predicted octanol–water partition coefficient (Wildman–Crippen LogP) is 4.23. The lowest BCUT2D eigenvalue weighted by Crippen LogP contribution is -2.12. The predicted molar refractivity (Wildman–Crippen MR) is 80.8 cm³/mol. The first-order valence-corrected chi connectivity index (χ1v) is 7.53. The first-order valence-electron chi connectivity index (χ1n) is 6.73. The number of aliphatic hydroxyl groups is 1. The quantitative estimate of drug-likeness (QED) is 0.836. The van der Waals surface area contributed by atoms with E-state index in [0.29, 0.717) is 0 Å². The fourth-order valence-electron chi connectivity index (χ4n) is 3.08. The summed E-state index contributed by atoms with van der Waals surface area (Å²) in [6.45, 7) is 4.25. The molecule has 0 aliphatic heterocycles. The molecule has 1 atom stereocenters. The molecule has 0 bridgehead atoms. The second kappa shape index (κ2) is 4.80. The summed E-state index contributed by atoms with van der Waals surface area (Å²) in [4.78, 5) is 0. The normalized spacial score (nSPS) is 18.4. The van der Waals surface area contributed by atoms with Gasteiger partial charge in [-0.15, -0.1) is 0 Å². The van der Waals surface area contributed by atoms with Crippen molar-refractivity contribution in [2.45, 2.75) is 39.2 Å². The van der Waals surface area contributed by atoms with Gasteiger partial charge in [0.25, 0.3) is 0 Å². The molecule has 1 aromatic carbocycles. The van der Waals surface area contributed by atoms with Crippen molar-refractivity contribution in [3.8, 4) is 5.69 Å². The van der Waals surface area contributed by atoms with Gasteiger partial charge < -0.3 is 9.67 Å². The first kappa shape index (κ1) is 12.9. The molecule has 3 rings (SSSR count). The van der Waals surface area contributed by atoms with E-state index in [4.69, 9.17) is 0 Å². The molecule has 1 heterocycles. The van der Waals surface area contributed by atoms with Crippen molar-refractivity contribution < 1.29 is 5.11 Å². The highest BCUT2D eigenvalue weighted by molar-refractivity contribution is 9.10. The molecule has 1 aliphatic carbocycles. The molecule has 0 radical (unpaired) electrons. The number of halogens is 1. The minimum Gasteiger partial charge on any atom is -0.388 e. The first-order chi connectivity index (χ1) is 9.08. The van der Waals surface area contributed by atoms with Gasteiger partial charge in [-0.25, -0.2) is 0 Å². The number of rotatable bonds is 1. The van der Waals surface area contributed by atoms with Gasteiger partial charge >= 0.3 is 0 Å². The van der Waals surface area contributed by atoms with Gasteiger partial charge in [0, 0.05) is 27.1 Å². The average Bonchev–Trinajstić information content (AvgIpc) is 2.68. The summed E-state index contributed by atoms with van der Waals surface area (Å²) in [6, 6.07) is 8.50. The second-order valence-electron chi connectivity index (χ2n) is 5.36. The van der Waals surface area contributed by atoms with Crippen molar-refractivity contribution >= 4 is 15.9 Å². The summed E-state index contributed by atoms with van der Waals surface area (Å²) in [5.74, 6) is 0. The standard InChI is InChI=1S/C16H18BrNO/c1-10-8-12(17)6-7-14(10)18-11(2)9-13-15(18)4-3-5-16(13)19/h6-9,16,19H,3-5H2,1-2H3. The molecule has 0 saturated heterocycles. The van der Waals surface area contributed by atoms with Crippen LogP contribution in [0.4, 0.5) is 0 Å². The van der Waals surface area contributed by atoms with Gasteiger partial charge in [-0.05, 0) is 62.9 Å². The van der Waals surface area contributed by atoms with Crippen molar-refractivity contribution in [1.82, 2.24) is 4.57 Å². The molecule has 0 spiro atoms. The summed E-state index contributed by atoms with van der Waals surface area (Å²) >= 11 is 3.51. The van der Waals surface area contributed by atoms with Crippen molar-refractivity contribution in [3.63, 3.8) is 0 Å². The zero-order chi connectivity index (χ0) is 13.6. The molecule has 0 amide bonds. The number of nitrogens with zero attached hydrogens (tertiary/aromatic N) is 1. The lowest BCUT2D eigenvalue weighted by atomic mass is 9.95. The summed E-state index contributed by atoms with van der Waals surface area (Å²) in [7, 11) is 0. The molecular weight excluding hydrogens is 302 g/mol. The third kappa shape index (κ3) is 2.15. The van der Waals surface area contributed by atoms with Crippen LogP contribution < -0.4 is 0 Å². The molecule has 2 aromatic rings. The number of aromatic nitrogens is 1. The summed E-state index contributed by atoms with van der Waals surface area (Å²) in [6.07, 6.45) is 2.71. The highest BCUT2D eigenvalue weighted by Gasteiger charge is 2.24. The minimum atomic E-state index is -0.292. The van der Waals surface area contributed by atoms with E-state index in [9.17, 15) is 5.11 Å². The van der Waals surface area contributed by atoms with Gasteiger partial charge in [0.05, 0.1) is 6.10 Å². The smallest absolute Gasteiger partial charge is 0.0807 e. The van der Waals surface area contributed by atoms with Crippen LogP contribution in [-0.2, 0) is 6.42 Å². The van der Waals surface area contributed by atoms with Gasteiger partial charge in [-0.3, -0.25) is 0 Å². The number of hydrogen-bond acceptors (Lipinski definition) is 1. The van der Waals surface area contributed by atoms with Gasteiger partial charge in [-0.1, -0.05) is 15.9 Å². The molecule has 0 saturated carbocycles. The third-order valence-electron chi connectivity index (χ3n) is 3.97. The summed E-state index contributed by atoms with van der Waals surface area (Å²) < 4.78 is 3.41. The minimum absolute atomic E-state index is 0.292. The lowest BCUT2D eigenvalue weighted by Gasteiger charge is -2.21. The van der Waals surface area contributed by atoms with Crippen molar-refractivity contribution in [3.05, 3.63) is 51.3 Å². The number of benzene rings is 1. The largest absolute Gasteiger partial charge is 0.388 e. The van der Waals surface area contributed by atoms with Gasteiger partial charge in [0.15, 0.2) is 0 Å². The van der Waals surface area contributed by atoms with Crippen LogP contribution in [0.25, 0.3) is 5.69 Å². The van der Waals surface area contributed by atoms with Crippen LogP contribution in [-0.4, -0.2) is 9.67 Å². The van der Waals surface area contributed by atoms with E-state index in [2.05, 4.69) is 58.6 Å². The maximum Gasteiger partial charge on any atom is 0.0807 e. The SMILES string of the molecule is Cc1cc(Br)ccc1-n1c(C)cc2c1CCCC2O. The van der Waals surface area contributed by atoms with Crippen LogP contribution in [0.2, 0.25) is 0 Å². The van der Waals surface area contributed by atoms with Crippen molar-refractivity contribution in [2.75, 3.05) is 0 Å². The zero-order valence-corrected chi connectivity index (χ0v) is 12.9. The highest BCUT2D eigenvalue weighted by Crippen LogP contribution is 2.35. The van der Waals surface area contributed by atoms with Crippen LogP contribution in [0, 0.1) is 13.8 Å². The Balaban J connectivity index is 2.20. The number of aryl methyl sites for hydroxylation is 2. The van der Waals surface area contributed by atoms with E-state index in [1.54, 1.807) is 0 Å². The molecule has 1 aliphatic rings. The van der Waals surface area contributed by atoms with Crippen LogP contribution >= 0.6 is 15.9 Å². The maximum atomic E-state index is 10.1. The van der Waals surface area contributed by atoms with E-state index in [0.717, 1.165) is 29.3 Å². The van der Waals surface area contributed by atoms with Gasteiger partial charge in [0.2, 0.25) is 0 Å². The Morgan fingerprint density at radius 2 is 2.05 bits per heavy atom. The van der Waals surface area contributed by atoms with Crippen LogP contribution in [0.15, 0.2) is 28.7 Å².